The lowest BCUT2D eigenvalue weighted by Crippen LogP contribution is -2.29. The molecule has 0 radical (unpaired) electrons. The third-order valence-electron chi connectivity index (χ3n) is 4.91. The fourth-order valence-electron chi connectivity index (χ4n) is 3.55. The Kier molecular flexibility index (Phi) is 4.58. The Morgan fingerprint density at radius 3 is 2.56 bits per heavy atom. The number of pyridine rings is 1. The summed E-state index contributed by atoms with van der Waals surface area (Å²) in [4.78, 5) is 6.54. The number of aromatic nitrogens is 2. The second-order valence-electron chi connectivity index (χ2n) is 6.97. The zero-order valence-electron chi connectivity index (χ0n) is 15.3. The summed E-state index contributed by atoms with van der Waals surface area (Å²) in [5.41, 5.74) is 2.73. The second kappa shape index (κ2) is 7.04. The fraction of sp³-hybridized carbons (Fsp3) is 0.238. The first-order valence-corrected chi connectivity index (χ1v) is 9.43. The molecule has 1 aliphatic rings. The number of hydrogen-bond donors (Lipinski definition) is 2. The van der Waals surface area contributed by atoms with Crippen LogP contribution in [0.25, 0.3) is 0 Å². The molecule has 4 rings (SSSR count). The average molecular weight is 379 g/mol. The number of aromatic hydroxyl groups is 1. The first-order chi connectivity index (χ1) is 13.1. The quantitative estimate of drug-likeness (QED) is 0.661. The van der Waals surface area contributed by atoms with E-state index in [-0.39, 0.29) is 17.8 Å². The highest BCUT2D eigenvalue weighted by Gasteiger charge is 2.41. The Morgan fingerprint density at radius 2 is 1.89 bits per heavy atom. The van der Waals surface area contributed by atoms with Crippen LogP contribution in [-0.2, 0) is 0 Å². The van der Waals surface area contributed by atoms with Crippen LogP contribution in [0.2, 0.25) is 0 Å². The van der Waals surface area contributed by atoms with Crippen molar-refractivity contribution in [2.24, 2.45) is 0 Å². The van der Waals surface area contributed by atoms with Crippen LogP contribution in [0.3, 0.4) is 0 Å². The largest absolute Gasteiger partial charge is 0.506 e. The maximum absolute atomic E-state index is 10.5. The third-order valence-corrected chi connectivity index (χ3v) is 5.23. The number of phenols is 1. The molecule has 0 amide bonds. The van der Waals surface area contributed by atoms with Crippen LogP contribution in [0.5, 0.6) is 5.75 Å². The molecule has 1 aromatic carbocycles. The van der Waals surface area contributed by atoms with E-state index in [4.69, 9.17) is 12.2 Å². The maximum Gasteiger partial charge on any atom is 0.174 e. The summed E-state index contributed by atoms with van der Waals surface area (Å²) in [6.07, 6.45) is 6.02. The molecule has 3 aromatic rings. The van der Waals surface area contributed by atoms with Crippen LogP contribution < -0.4 is 10.2 Å². The van der Waals surface area contributed by atoms with E-state index in [0.717, 1.165) is 11.3 Å². The minimum Gasteiger partial charge on any atom is -0.506 e. The maximum atomic E-state index is 10.5. The lowest BCUT2D eigenvalue weighted by atomic mass is 9.98. The second-order valence-corrected chi connectivity index (χ2v) is 7.36. The van der Waals surface area contributed by atoms with Gasteiger partial charge in [-0.25, -0.2) is 0 Å². The molecule has 2 N–H and O–H groups in total. The molecule has 0 saturated carbocycles. The van der Waals surface area contributed by atoms with Gasteiger partial charge in [0.15, 0.2) is 5.11 Å². The summed E-state index contributed by atoms with van der Waals surface area (Å²) >= 11 is 5.66. The van der Waals surface area contributed by atoms with Crippen LogP contribution in [0.15, 0.2) is 67.1 Å². The number of anilines is 1. The van der Waals surface area contributed by atoms with Gasteiger partial charge in [-0.3, -0.25) is 4.98 Å². The lowest BCUT2D eigenvalue weighted by Gasteiger charge is -2.27. The van der Waals surface area contributed by atoms with E-state index in [1.54, 1.807) is 12.3 Å². The minimum atomic E-state index is -0.110. The Bertz CT molecular complexity index is 954. The fourth-order valence-corrected chi connectivity index (χ4v) is 3.89. The Morgan fingerprint density at radius 1 is 1.11 bits per heavy atom. The number of nitrogens with zero attached hydrogens (tertiary/aromatic N) is 3. The molecule has 0 aliphatic carbocycles. The van der Waals surface area contributed by atoms with Crippen LogP contribution in [0.1, 0.15) is 43.2 Å². The van der Waals surface area contributed by atoms with Crippen molar-refractivity contribution < 1.29 is 5.11 Å². The van der Waals surface area contributed by atoms with Crippen molar-refractivity contribution >= 4 is 23.0 Å². The normalized spacial score (nSPS) is 19.5. The number of thiocarbonyl (C=S) groups is 1. The molecule has 1 aliphatic heterocycles. The number of para-hydroxylation sites is 2. The highest BCUT2D eigenvalue weighted by molar-refractivity contribution is 7.80. The van der Waals surface area contributed by atoms with Crippen LogP contribution in [-0.4, -0.2) is 19.8 Å². The highest BCUT2D eigenvalue weighted by atomic mass is 32.1. The van der Waals surface area contributed by atoms with E-state index in [1.165, 1.54) is 0 Å². The monoisotopic (exact) mass is 378 g/mol. The molecule has 138 valence electrons. The average Bonchev–Trinajstić information content (AvgIpc) is 3.28. The molecule has 27 heavy (non-hydrogen) atoms. The molecule has 5 nitrogen and oxygen atoms in total. The molecule has 6 heteroatoms. The van der Waals surface area contributed by atoms with E-state index >= 15 is 0 Å². The zero-order valence-corrected chi connectivity index (χ0v) is 16.1. The first-order valence-electron chi connectivity index (χ1n) is 9.02. The number of nitrogens with one attached hydrogen (secondary N) is 1. The van der Waals surface area contributed by atoms with Gasteiger partial charge in [-0.05, 0) is 62.0 Å². The standard InChI is InChI=1S/C21H22N4OS/c1-14(2)24-12-10-15(13-24)20-19(16-7-5-6-11-22-16)23-21(27)25(20)17-8-3-4-9-18(17)26/h3-14,19-20,26H,1-2H3,(H,23,27)/t19-,20+/m1/s1. The van der Waals surface area contributed by atoms with Gasteiger partial charge in [0.05, 0.1) is 23.5 Å². The van der Waals surface area contributed by atoms with Crippen molar-refractivity contribution in [3.63, 3.8) is 0 Å². The predicted molar refractivity (Wildman–Crippen MR) is 111 cm³/mol. The first kappa shape index (κ1) is 17.5. The number of hydrogen-bond acceptors (Lipinski definition) is 3. The van der Waals surface area contributed by atoms with Gasteiger partial charge < -0.3 is 19.9 Å². The van der Waals surface area contributed by atoms with Gasteiger partial charge >= 0.3 is 0 Å². The molecule has 0 unspecified atom stereocenters. The van der Waals surface area contributed by atoms with Gasteiger partial charge in [0.2, 0.25) is 0 Å². The molecule has 1 fully saturated rings. The SMILES string of the molecule is CC(C)n1ccc([C@H]2[C@@H](c3ccccn3)NC(=S)N2c2ccccc2O)c1. The van der Waals surface area contributed by atoms with Gasteiger partial charge in [0.1, 0.15) is 5.75 Å². The molecule has 0 spiro atoms. The summed E-state index contributed by atoms with van der Waals surface area (Å²) in [5, 5.41) is 14.4. The van der Waals surface area contributed by atoms with Crippen molar-refractivity contribution in [2.75, 3.05) is 4.90 Å². The number of benzene rings is 1. The molecule has 3 heterocycles. The highest BCUT2D eigenvalue weighted by Crippen LogP contribution is 2.44. The van der Waals surface area contributed by atoms with Crippen LogP contribution in [0, 0.1) is 0 Å². The number of phenolic OH excluding ortho intramolecular Hbond substituents is 1. The van der Waals surface area contributed by atoms with Crippen molar-refractivity contribution in [3.05, 3.63) is 78.4 Å². The summed E-state index contributed by atoms with van der Waals surface area (Å²) in [7, 11) is 0. The number of rotatable bonds is 4. The topological polar surface area (TPSA) is 53.3 Å². The minimum absolute atomic E-state index is 0.110. The van der Waals surface area contributed by atoms with Gasteiger partial charge in [0.25, 0.3) is 0 Å². The molecular formula is C21H22N4OS. The summed E-state index contributed by atoms with van der Waals surface area (Å²) in [6, 6.07) is 15.4. The van der Waals surface area contributed by atoms with Gasteiger partial charge in [0, 0.05) is 24.6 Å². The summed E-state index contributed by atoms with van der Waals surface area (Å²) in [5.74, 6) is 0.205. The Balaban J connectivity index is 1.84. The van der Waals surface area contributed by atoms with Gasteiger partial charge in [-0.15, -0.1) is 0 Å². The predicted octanol–water partition coefficient (Wildman–Crippen LogP) is 4.35. The summed E-state index contributed by atoms with van der Waals surface area (Å²) < 4.78 is 2.18. The molecule has 2 atom stereocenters. The van der Waals surface area contributed by atoms with Gasteiger partial charge in [-0.1, -0.05) is 18.2 Å². The lowest BCUT2D eigenvalue weighted by molar-refractivity contribution is 0.472. The Hall–Kier alpha value is -2.86. The van der Waals surface area contributed by atoms with E-state index in [0.29, 0.717) is 16.8 Å². The molecule has 0 bridgehead atoms. The molecule has 2 aromatic heterocycles. The Labute approximate surface area is 164 Å². The van der Waals surface area contributed by atoms with Crippen molar-refractivity contribution in [1.29, 1.82) is 0 Å². The van der Waals surface area contributed by atoms with Crippen molar-refractivity contribution in [1.82, 2.24) is 14.9 Å². The van der Waals surface area contributed by atoms with Crippen molar-refractivity contribution in [2.45, 2.75) is 32.0 Å². The van der Waals surface area contributed by atoms with E-state index in [1.807, 2.05) is 41.3 Å². The van der Waals surface area contributed by atoms with E-state index in [9.17, 15) is 5.11 Å². The van der Waals surface area contributed by atoms with Gasteiger partial charge in [-0.2, -0.15) is 0 Å². The molecular weight excluding hydrogens is 356 g/mol. The molecule has 1 saturated heterocycles. The zero-order chi connectivity index (χ0) is 19.0. The van der Waals surface area contributed by atoms with Crippen LogP contribution in [0.4, 0.5) is 5.69 Å². The van der Waals surface area contributed by atoms with E-state index in [2.05, 4.69) is 47.2 Å². The van der Waals surface area contributed by atoms with E-state index < -0.39 is 0 Å². The van der Waals surface area contributed by atoms with Crippen molar-refractivity contribution in [3.8, 4) is 5.75 Å². The van der Waals surface area contributed by atoms with Crippen LogP contribution >= 0.6 is 12.2 Å². The smallest absolute Gasteiger partial charge is 0.174 e. The summed E-state index contributed by atoms with van der Waals surface area (Å²) in [6.45, 7) is 4.30. The third kappa shape index (κ3) is 3.17.